The van der Waals surface area contributed by atoms with Gasteiger partial charge in [0.2, 0.25) is 0 Å². The largest absolute Gasteiger partial charge is 0.299 e. The van der Waals surface area contributed by atoms with Gasteiger partial charge in [-0.1, -0.05) is 17.7 Å². The minimum absolute atomic E-state index is 0.0737. The molecule has 1 aliphatic rings. The highest BCUT2D eigenvalue weighted by Gasteiger charge is 2.39. The number of aryl methyl sites for hydroxylation is 3. The van der Waals surface area contributed by atoms with Gasteiger partial charge in [0.15, 0.2) is 9.84 Å². The summed E-state index contributed by atoms with van der Waals surface area (Å²) >= 11 is 0. The standard InChI is InChI=1S/C21H30O4S/c1-12(2)26(24,25)16(6)9-17-10-18(22)21(19(23)11-17)20-14(4)7-13(3)8-15(20)5/h7-8,12,16-17,21H,9-11H2,1-6H3. The molecule has 1 atom stereocenters. The van der Waals surface area contributed by atoms with Crippen LogP contribution in [0.3, 0.4) is 0 Å². The van der Waals surface area contributed by atoms with E-state index in [-0.39, 0.29) is 30.3 Å². The lowest BCUT2D eigenvalue weighted by Gasteiger charge is -2.30. The second kappa shape index (κ2) is 7.63. The predicted octanol–water partition coefficient (Wildman–Crippen LogP) is 3.85. The lowest BCUT2D eigenvalue weighted by Crippen LogP contribution is -2.36. The minimum Gasteiger partial charge on any atom is -0.299 e. The van der Waals surface area contributed by atoms with E-state index >= 15 is 0 Å². The molecule has 144 valence electrons. The third-order valence-electron chi connectivity index (χ3n) is 5.53. The van der Waals surface area contributed by atoms with Crippen molar-refractivity contribution in [3.8, 4) is 0 Å². The van der Waals surface area contributed by atoms with Crippen LogP contribution in [-0.2, 0) is 19.4 Å². The molecule has 0 saturated heterocycles. The summed E-state index contributed by atoms with van der Waals surface area (Å²) in [5.74, 6) is -1.02. The number of benzene rings is 1. The van der Waals surface area contributed by atoms with E-state index in [1.165, 1.54) is 0 Å². The van der Waals surface area contributed by atoms with E-state index < -0.39 is 26.3 Å². The quantitative estimate of drug-likeness (QED) is 0.730. The summed E-state index contributed by atoms with van der Waals surface area (Å²) in [7, 11) is -3.22. The fourth-order valence-electron chi connectivity index (χ4n) is 4.26. The highest BCUT2D eigenvalue weighted by atomic mass is 32.2. The van der Waals surface area contributed by atoms with Crippen LogP contribution in [0.15, 0.2) is 12.1 Å². The normalized spacial score (nSPS) is 22.7. The van der Waals surface area contributed by atoms with Gasteiger partial charge in [-0.3, -0.25) is 9.59 Å². The molecule has 26 heavy (non-hydrogen) atoms. The smallest absolute Gasteiger partial charge is 0.155 e. The fraction of sp³-hybridized carbons (Fsp3) is 0.619. The van der Waals surface area contributed by atoms with Gasteiger partial charge < -0.3 is 0 Å². The van der Waals surface area contributed by atoms with Crippen molar-refractivity contribution in [1.82, 2.24) is 0 Å². The zero-order valence-corrected chi connectivity index (χ0v) is 17.4. The number of rotatable bonds is 5. The number of hydrogen-bond acceptors (Lipinski definition) is 4. The lowest BCUT2D eigenvalue weighted by molar-refractivity contribution is -0.133. The predicted molar refractivity (Wildman–Crippen MR) is 104 cm³/mol. The van der Waals surface area contributed by atoms with Gasteiger partial charge >= 0.3 is 0 Å². The van der Waals surface area contributed by atoms with Crippen LogP contribution in [0, 0.1) is 26.7 Å². The van der Waals surface area contributed by atoms with Crippen molar-refractivity contribution in [2.45, 2.75) is 77.2 Å². The van der Waals surface area contributed by atoms with Gasteiger partial charge in [-0.05, 0) is 70.6 Å². The van der Waals surface area contributed by atoms with Crippen molar-refractivity contribution >= 4 is 21.4 Å². The van der Waals surface area contributed by atoms with Crippen molar-refractivity contribution in [2.75, 3.05) is 0 Å². The first-order valence-electron chi connectivity index (χ1n) is 9.31. The fourth-order valence-corrected chi connectivity index (χ4v) is 5.73. The average molecular weight is 379 g/mol. The van der Waals surface area contributed by atoms with Crippen LogP contribution in [0.2, 0.25) is 0 Å². The Kier molecular flexibility index (Phi) is 6.11. The van der Waals surface area contributed by atoms with Gasteiger partial charge in [0.05, 0.1) is 10.5 Å². The molecule has 4 nitrogen and oxygen atoms in total. The number of ketones is 2. The molecule has 0 aromatic heterocycles. The number of carbonyl (C=O) groups excluding carboxylic acids is 2. The Labute approximate surface area is 157 Å². The van der Waals surface area contributed by atoms with Gasteiger partial charge in [-0.25, -0.2) is 8.42 Å². The van der Waals surface area contributed by atoms with Crippen LogP contribution in [0.25, 0.3) is 0 Å². The molecule has 0 heterocycles. The van der Waals surface area contributed by atoms with E-state index in [9.17, 15) is 18.0 Å². The van der Waals surface area contributed by atoms with Gasteiger partial charge in [0, 0.05) is 12.8 Å². The minimum atomic E-state index is -3.22. The molecule has 1 aromatic carbocycles. The highest BCUT2D eigenvalue weighted by Crippen LogP contribution is 2.36. The molecular formula is C21H30O4S. The molecule has 1 aliphatic carbocycles. The van der Waals surface area contributed by atoms with Crippen molar-refractivity contribution < 1.29 is 18.0 Å². The Hall–Kier alpha value is -1.49. The van der Waals surface area contributed by atoms with E-state index in [0.29, 0.717) is 6.42 Å². The molecule has 0 spiro atoms. The molecule has 1 aromatic rings. The number of Topliss-reactive ketones (excluding diaryl/α,β-unsaturated/α-hetero) is 2. The maximum absolute atomic E-state index is 12.8. The molecule has 1 unspecified atom stereocenters. The number of sulfone groups is 1. The first-order chi connectivity index (χ1) is 11.9. The Morgan fingerprint density at radius 3 is 1.85 bits per heavy atom. The van der Waals surface area contributed by atoms with Crippen molar-refractivity contribution in [1.29, 1.82) is 0 Å². The highest BCUT2D eigenvalue weighted by molar-refractivity contribution is 7.92. The van der Waals surface area contributed by atoms with E-state index in [4.69, 9.17) is 0 Å². The van der Waals surface area contributed by atoms with Gasteiger partial charge in [-0.15, -0.1) is 0 Å². The molecule has 0 aliphatic heterocycles. The summed E-state index contributed by atoms with van der Waals surface area (Å²) < 4.78 is 24.6. The van der Waals surface area contributed by atoms with Crippen molar-refractivity contribution in [3.05, 3.63) is 34.4 Å². The van der Waals surface area contributed by atoms with Gasteiger partial charge in [0.1, 0.15) is 17.5 Å². The van der Waals surface area contributed by atoms with E-state index in [1.54, 1.807) is 20.8 Å². The van der Waals surface area contributed by atoms with E-state index in [1.807, 2.05) is 32.9 Å². The first-order valence-corrected chi connectivity index (χ1v) is 10.9. The SMILES string of the molecule is Cc1cc(C)c(C2C(=O)CC(CC(C)S(=O)(=O)C(C)C)CC2=O)c(C)c1. The molecule has 0 radical (unpaired) electrons. The second-order valence-corrected chi connectivity index (χ2v) is 11.1. The molecule has 0 N–H and O–H groups in total. The monoisotopic (exact) mass is 378 g/mol. The Morgan fingerprint density at radius 1 is 0.962 bits per heavy atom. The Morgan fingerprint density at radius 2 is 1.42 bits per heavy atom. The summed E-state index contributed by atoms with van der Waals surface area (Å²) in [6.07, 6.45) is 0.929. The van der Waals surface area contributed by atoms with Crippen molar-refractivity contribution in [3.63, 3.8) is 0 Å². The molecular weight excluding hydrogens is 348 g/mol. The average Bonchev–Trinajstić information content (AvgIpc) is 2.48. The van der Waals surface area contributed by atoms with E-state index in [0.717, 1.165) is 22.3 Å². The van der Waals surface area contributed by atoms with Crippen LogP contribution < -0.4 is 0 Å². The summed E-state index contributed by atoms with van der Waals surface area (Å²) in [6, 6.07) is 4.01. The number of hydrogen-bond donors (Lipinski definition) is 0. The third-order valence-corrected chi connectivity index (χ3v) is 8.16. The Bertz CT molecular complexity index is 779. The van der Waals surface area contributed by atoms with Gasteiger partial charge in [-0.2, -0.15) is 0 Å². The van der Waals surface area contributed by atoms with Crippen molar-refractivity contribution in [2.24, 2.45) is 5.92 Å². The maximum atomic E-state index is 12.8. The lowest BCUT2D eigenvalue weighted by atomic mass is 9.73. The topological polar surface area (TPSA) is 68.3 Å². The van der Waals surface area contributed by atoms with Crippen LogP contribution in [0.4, 0.5) is 0 Å². The van der Waals surface area contributed by atoms with Crippen LogP contribution in [0.5, 0.6) is 0 Å². The second-order valence-electron chi connectivity index (χ2n) is 8.14. The number of carbonyl (C=O) groups is 2. The third kappa shape index (κ3) is 4.08. The van der Waals surface area contributed by atoms with Crippen LogP contribution >= 0.6 is 0 Å². The zero-order chi connectivity index (χ0) is 19.8. The molecule has 5 heteroatoms. The molecule has 2 rings (SSSR count). The summed E-state index contributed by atoms with van der Waals surface area (Å²) in [5, 5.41) is -0.981. The summed E-state index contributed by atoms with van der Waals surface area (Å²) in [6.45, 7) is 10.9. The van der Waals surface area contributed by atoms with Crippen LogP contribution in [0.1, 0.15) is 68.2 Å². The first kappa shape index (κ1) is 20.8. The van der Waals surface area contributed by atoms with Crippen LogP contribution in [-0.4, -0.2) is 30.5 Å². The summed E-state index contributed by atoms with van der Waals surface area (Å²) in [5.41, 5.74) is 3.91. The molecule has 0 amide bonds. The molecule has 1 fully saturated rings. The Balaban J connectivity index is 2.21. The van der Waals surface area contributed by atoms with Gasteiger partial charge in [0.25, 0.3) is 0 Å². The molecule has 0 bridgehead atoms. The summed E-state index contributed by atoms with van der Waals surface area (Å²) in [4.78, 5) is 25.6. The zero-order valence-electron chi connectivity index (χ0n) is 16.6. The van der Waals surface area contributed by atoms with E-state index in [2.05, 4.69) is 0 Å². The maximum Gasteiger partial charge on any atom is 0.155 e. The molecule has 1 saturated carbocycles.